The summed E-state index contributed by atoms with van der Waals surface area (Å²) in [7, 11) is 0. The summed E-state index contributed by atoms with van der Waals surface area (Å²) in [5, 5.41) is 6.02. The molecule has 170 valence electrons. The molecule has 0 radical (unpaired) electrons. The van der Waals surface area contributed by atoms with Crippen LogP contribution in [0.4, 0.5) is 19.0 Å². The number of alkyl halides is 3. The summed E-state index contributed by atoms with van der Waals surface area (Å²) in [6, 6.07) is 1.08. The topological polar surface area (TPSA) is 100 Å². The lowest BCUT2D eigenvalue weighted by Crippen LogP contribution is -2.46. The first-order valence-electron chi connectivity index (χ1n) is 10.5. The fourth-order valence-electron chi connectivity index (χ4n) is 4.46. The molecule has 2 fully saturated rings. The highest BCUT2D eigenvalue weighted by atomic mass is 19.4. The van der Waals surface area contributed by atoms with E-state index < -0.39 is 11.7 Å². The van der Waals surface area contributed by atoms with Crippen molar-refractivity contribution in [2.24, 2.45) is 5.92 Å². The summed E-state index contributed by atoms with van der Waals surface area (Å²) >= 11 is 0. The van der Waals surface area contributed by atoms with Crippen molar-refractivity contribution in [1.82, 2.24) is 25.0 Å². The summed E-state index contributed by atoms with van der Waals surface area (Å²) in [4.78, 5) is 21.2. The van der Waals surface area contributed by atoms with Crippen LogP contribution in [0.1, 0.15) is 36.9 Å². The number of anilines is 1. The number of carbonyl (C=O) groups is 1. The number of nitrogens with zero attached hydrogens (tertiary/aromatic N) is 4. The Morgan fingerprint density at radius 2 is 1.97 bits per heavy atom. The zero-order chi connectivity index (χ0) is 22.2. The van der Waals surface area contributed by atoms with Gasteiger partial charge in [0.15, 0.2) is 5.65 Å². The van der Waals surface area contributed by atoms with E-state index in [4.69, 9.17) is 10.5 Å². The van der Waals surface area contributed by atoms with E-state index >= 15 is 0 Å². The van der Waals surface area contributed by atoms with E-state index in [1.54, 1.807) is 0 Å². The van der Waals surface area contributed by atoms with Gasteiger partial charge < -0.3 is 15.4 Å². The van der Waals surface area contributed by atoms with Gasteiger partial charge in [0, 0.05) is 50.3 Å². The summed E-state index contributed by atoms with van der Waals surface area (Å²) in [6.07, 6.45) is -3.43. The third kappa shape index (κ3) is 4.62. The number of carbonyl (C=O) groups excluding carboxylic acids is 1. The van der Waals surface area contributed by atoms with E-state index in [0.29, 0.717) is 51.4 Å². The zero-order valence-electron chi connectivity index (χ0n) is 17.4. The van der Waals surface area contributed by atoms with Crippen LogP contribution in [0.25, 0.3) is 11.0 Å². The molecule has 0 spiro atoms. The van der Waals surface area contributed by atoms with Crippen molar-refractivity contribution >= 4 is 22.8 Å². The van der Waals surface area contributed by atoms with Gasteiger partial charge >= 0.3 is 6.18 Å². The van der Waals surface area contributed by atoms with E-state index in [0.717, 1.165) is 19.2 Å². The van der Waals surface area contributed by atoms with Crippen molar-refractivity contribution in [3.8, 4) is 0 Å². The maximum Gasteiger partial charge on any atom is 0.417 e. The van der Waals surface area contributed by atoms with E-state index in [1.165, 1.54) is 0 Å². The Hall–Kier alpha value is -2.40. The van der Waals surface area contributed by atoms with Crippen LogP contribution < -0.4 is 5.73 Å². The lowest BCUT2D eigenvalue weighted by atomic mass is 9.91. The molecule has 0 saturated carbocycles. The number of halogens is 3. The third-order valence-electron chi connectivity index (χ3n) is 6.16. The number of H-pyrrole nitrogens is 1. The number of morpholine rings is 1. The number of amides is 1. The Morgan fingerprint density at radius 3 is 2.61 bits per heavy atom. The third-order valence-corrected chi connectivity index (χ3v) is 6.16. The van der Waals surface area contributed by atoms with Crippen molar-refractivity contribution in [3.05, 3.63) is 17.3 Å². The zero-order valence-corrected chi connectivity index (χ0v) is 17.4. The first kappa shape index (κ1) is 21.8. The monoisotopic (exact) mass is 440 g/mol. The molecule has 0 aliphatic carbocycles. The normalized spacial score (nSPS) is 20.3. The molecule has 0 aromatic carbocycles. The highest BCUT2D eigenvalue weighted by molar-refractivity contribution is 5.89. The average molecular weight is 440 g/mol. The number of pyridine rings is 1. The van der Waals surface area contributed by atoms with E-state index in [2.05, 4.69) is 20.1 Å². The van der Waals surface area contributed by atoms with Crippen LogP contribution in [0.15, 0.2) is 6.07 Å². The molecule has 0 unspecified atom stereocenters. The molecular weight excluding hydrogens is 413 g/mol. The number of ether oxygens (including phenoxy) is 1. The van der Waals surface area contributed by atoms with Gasteiger partial charge in [-0.15, -0.1) is 0 Å². The van der Waals surface area contributed by atoms with Gasteiger partial charge in [0.2, 0.25) is 5.91 Å². The second-order valence-electron chi connectivity index (χ2n) is 8.34. The number of fused-ring (bicyclic) bond motifs is 1. The Morgan fingerprint density at radius 1 is 1.29 bits per heavy atom. The number of nitrogens with two attached hydrogens (primary N) is 1. The number of likely N-dealkylation sites (tertiary alicyclic amines) is 1. The number of hydrogen-bond donors (Lipinski definition) is 2. The van der Waals surface area contributed by atoms with Gasteiger partial charge in [-0.2, -0.15) is 18.3 Å². The van der Waals surface area contributed by atoms with Crippen molar-refractivity contribution in [3.63, 3.8) is 0 Å². The predicted octanol–water partition coefficient (Wildman–Crippen LogP) is 2.23. The van der Waals surface area contributed by atoms with E-state index in [1.807, 2.05) is 11.8 Å². The van der Waals surface area contributed by atoms with Crippen LogP contribution in [-0.2, 0) is 15.7 Å². The number of aromatic amines is 1. The first-order valence-corrected chi connectivity index (χ1v) is 10.5. The highest BCUT2D eigenvalue weighted by Crippen LogP contribution is 2.39. The van der Waals surface area contributed by atoms with Crippen molar-refractivity contribution in [2.45, 2.75) is 31.9 Å². The summed E-state index contributed by atoms with van der Waals surface area (Å²) in [6.45, 7) is 6.64. The molecule has 31 heavy (non-hydrogen) atoms. The standard InChI is InChI=1S/C20H27F3N6O2/c1-12(11-28-6-8-31-9-7-28)19(30)29-4-2-13(3-5-29)15-10-14(20(21,22)23)16-17(24)26-27-18(16)25-15/h10,12-13H,2-9,11H2,1H3,(H3,24,25,26,27)/t12-/m0/s1. The Labute approximate surface area is 177 Å². The van der Waals surface area contributed by atoms with Crippen molar-refractivity contribution in [2.75, 3.05) is 51.7 Å². The van der Waals surface area contributed by atoms with Crippen molar-refractivity contribution < 1.29 is 22.7 Å². The number of rotatable bonds is 4. The van der Waals surface area contributed by atoms with Gasteiger partial charge in [-0.25, -0.2) is 4.98 Å². The van der Waals surface area contributed by atoms with Crippen molar-refractivity contribution in [1.29, 1.82) is 0 Å². The minimum Gasteiger partial charge on any atom is -0.383 e. The van der Waals surface area contributed by atoms with Crippen LogP contribution >= 0.6 is 0 Å². The number of piperidine rings is 1. The number of nitrogen functional groups attached to an aromatic ring is 1. The number of aromatic nitrogens is 3. The van der Waals surface area contributed by atoms with E-state index in [-0.39, 0.29) is 34.6 Å². The molecule has 1 atom stereocenters. The lowest BCUT2D eigenvalue weighted by molar-refractivity contribution is -0.137. The molecule has 4 heterocycles. The average Bonchev–Trinajstić information content (AvgIpc) is 3.13. The van der Waals surface area contributed by atoms with Gasteiger partial charge in [-0.3, -0.25) is 14.8 Å². The molecule has 0 bridgehead atoms. The number of nitrogens with one attached hydrogen (secondary N) is 1. The molecular formula is C20H27F3N6O2. The van der Waals surface area contributed by atoms with Gasteiger partial charge in [-0.1, -0.05) is 6.92 Å². The lowest BCUT2D eigenvalue weighted by Gasteiger charge is -2.35. The minimum atomic E-state index is -4.56. The van der Waals surface area contributed by atoms with Crippen LogP contribution in [0.2, 0.25) is 0 Å². The predicted molar refractivity (Wildman–Crippen MR) is 108 cm³/mol. The molecule has 2 aromatic heterocycles. The van der Waals surface area contributed by atoms with Crippen LogP contribution in [-0.4, -0.2) is 76.8 Å². The Bertz CT molecular complexity index is 933. The molecule has 3 N–H and O–H groups in total. The van der Waals surface area contributed by atoms with Gasteiger partial charge in [0.1, 0.15) is 5.82 Å². The molecule has 2 saturated heterocycles. The smallest absolute Gasteiger partial charge is 0.383 e. The summed E-state index contributed by atoms with van der Waals surface area (Å²) in [5.74, 6) is -0.351. The van der Waals surface area contributed by atoms with Crippen LogP contribution in [0.5, 0.6) is 0 Å². The fraction of sp³-hybridized carbons (Fsp3) is 0.650. The second-order valence-corrected chi connectivity index (χ2v) is 8.34. The maximum atomic E-state index is 13.6. The maximum absolute atomic E-state index is 13.6. The van der Waals surface area contributed by atoms with Gasteiger partial charge in [0.05, 0.1) is 24.2 Å². The van der Waals surface area contributed by atoms with Gasteiger partial charge in [-0.05, 0) is 18.9 Å². The molecule has 2 aliphatic heterocycles. The summed E-state index contributed by atoms with van der Waals surface area (Å²) in [5.41, 5.74) is 5.13. The molecule has 8 nitrogen and oxygen atoms in total. The quantitative estimate of drug-likeness (QED) is 0.756. The van der Waals surface area contributed by atoms with Crippen LogP contribution in [0, 0.1) is 5.92 Å². The van der Waals surface area contributed by atoms with Crippen LogP contribution in [0.3, 0.4) is 0 Å². The number of hydrogen-bond acceptors (Lipinski definition) is 6. The van der Waals surface area contributed by atoms with E-state index in [9.17, 15) is 18.0 Å². The molecule has 2 aliphatic rings. The second kappa shape index (κ2) is 8.62. The molecule has 2 aromatic rings. The van der Waals surface area contributed by atoms with Gasteiger partial charge in [0.25, 0.3) is 0 Å². The fourth-order valence-corrected chi connectivity index (χ4v) is 4.46. The minimum absolute atomic E-state index is 0.0278. The SMILES string of the molecule is C[C@@H](CN1CCOCC1)C(=O)N1CCC(c2cc(C(F)(F)F)c3c(N)[nH]nc3n2)CC1. The Balaban J connectivity index is 1.42. The molecule has 11 heteroatoms. The molecule has 1 amide bonds. The molecule has 4 rings (SSSR count). The largest absolute Gasteiger partial charge is 0.417 e. The first-order chi connectivity index (χ1) is 14.7. The highest BCUT2D eigenvalue weighted by Gasteiger charge is 2.37. The summed E-state index contributed by atoms with van der Waals surface area (Å²) < 4.78 is 46.1. The Kier molecular flexibility index (Phi) is 6.07.